The van der Waals surface area contributed by atoms with Crippen LogP contribution in [-0.4, -0.2) is 99.7 Å². The van der Waals surface area contributed by atoms with E-state index in [9.17, 15) is 0 Å². The maximum absolute atomic E-state index is 6.19. The van der Waals surface area contributed by atoms with Gasteiger partial charge in [0.1, 0.15) is 0 Å². The zero-order valence-corrected chi connectivity index (χ0v) is 18.9. The molecule has 0 radical (unpaired) electrons. The average molecular weight is 423 g/mol. The molecule has 0 aromatic carbocycles. The number of likely N-dealkylation sites (tertiary alicyclic amines) is 2. The maximum Gasteiger partial charge on any atom is 0.193 e. The summed E-state index contributed by atoms with van der Waals surface area (Å²) in [5.41, 5.74) is 0.228. The first-order valence-electron chi connectivity index (χ1n) is 12.3. The second kappa shape index (κ2) is 11.1. The molecule has 0 spiro atoms. The minimum absolute atomic E-state index is 0.228. The summed E-state index contributed by atoms with van der Waals surface area (Å²) < 4.78 is 17.7. The molecule has 0 aromatic rings. The first-order valence-corrected chi connectivity index (χ1v) is 12.3. The number of aliphatic imine (C=N–C) groups is 1. The molecule has 1 N–H and O–H groups in total. The smallest absolute Gasteiger partial charge is 0.193 e. The summed E-state index contributed by atoms with van der Waals surface area (Å²) in [6, 6.07) is 0. The molecule has 4 aliphatic heterocycles. The number of nitrogens with zero attached hydrogens (tertiary/aromatic N) is 3. The van der Waals surface area contributed by atoms with E-state index in [1.165, 1.54) is 38.8 Å². The molecule has 0 saturated carbocycles. The maximum atomic E-state index is 6.19. The van der Waals surface area contributed by atoms with Gasteiger partial charge in [0.2, 0.25) is 0 Å². The predicted molar refractivity (Wildman–Crippen MR) is 119 cm³/mol. The lowest BCUT2D eigenvalue weighted by atomic mass is 9.88. The van der Waals surface area contributed by atoms with Crippen LogP contribution in [0.3, 0.4) is 0 Å². The average Bonchev–Trinajstić information content (AvgIpc) is 3.36. The molecular formula is C23H42N4O3. The zero-order valence-electron chi connectivity index (χ0n) is 18.9. The predicted octanol–water partition coefficient (Wildman–Crippen LogP) is 2.26. The first kappa shape index (κ1) is 22.3. The highest BCUT2D eigenvalue weighted by Gasteiger charge is 2.40. The van der Waals surface area contributed by atoms with Crippen LogP contribution in [0, 0.1) is 0 Å². The van der Waals surface area contributed by atoms with E-state index in [0.29, 0.717) is 12.2 Å². The van der Waals surface area contributed by atoms with Crippen molar-refractivity contribution in [1.29, 1.82) is 0 Å². The Labute approximate surface area is 182 Å². The van der Waals surface area contributed by atoms with E-state index >= 15 is 0 Å². The molecule has 4 aliphatic rings. The summed E-state index contributed by atoms with van der Waals surface area (Å²) in [6.07, 6.45) is 11.3. The fourth-order valence-electron chi connectivity index (χ4n) is 5.54. The van der Waals surface area contributed by atoms with Gasteiger partial charge in [-0.15, -0.1) is 0 Å². The Morgan fingerprint density at radius 2 is 1.77 bits per heavy atom. The molecule has 4 fully saturated rings. The van der Waals surface area contributed by atoms with Crippen LogP contribution in [0.4, 0.5) is 0 Å². The molecule has 7 nitrogen and oxygen atoms in total. The Morgan fingerprint density at radius 3 is 2.43 bits per heavy atom. The van der Waals surface area contributed by atoms with Gasteiger partial charge < -0.3 is 24.4 Å². The van der Waals surface area contributed by atoms with Crippen LogP contribution in [0.25, 0.3) is 0 Å². The molecule has 0 bridgehead atoms. The largest absolute Gasteiger partial charge is 0.381 e. The summed E-state index contributed by atoms with van der Waals surface area (Å²) in [7, 11) is 1.91. The van der Waals surface area contributed by atoms with Gasteiger partial charge in [0.25, 0.3) is 0 Å². The fourth-order valence-corrected chi connectivity index (χ4v) is 5.54. The number of rotatable bonds is 6. The third kappa shape index (κ3) is 5.67. The van der Waals surface area contributed by atoms with Crippen molar-refractivity contribution in [3.63, 3.8) is 0 Å². The Kier molecular flexibility index (Phi) is 8.27. The Bertz CT molecular complexity index is 533. The topological polar surface area (TPSA) is 58.6 Å². The van der Waals surface area contributed by atoms with Crippen molar-refractivity contribution in [3.8, 4) is 0 Å². The highest BCUT2D eigenvalue weighted by molar-refractivity contribution is 5.80. The van der Waals surface area contributed by atoms with Gasteiger partial charge in [0, 0.05) is 52.0 Å². The van der Waals surface area contributed by atoms with Crippen LogP contribution in [0.5, 0.6) is 0 Å². The number of piperidine rings is 1. The molecule has 172 valence electrons. The Balaban J connectivity index is 1.23. The lowest BCUT2D eigenvalue weighted by Crippen LogP contribution is -2.59. The summed E-state index contributed by atoms with van der Waals surface area (Å²) in [6.45, 7) is 8.87. The van der Waals surface area contributed by atoms with Crippen molar-refractivity contribution in [2.45, 2.75) is 75.5 Å². The van der Waals surface area contributed by atoms with Crippen LogP contribution in [0.1, 0.15) is 57.8 Å². The highest BCUT2D eigenvalue weighted by Crippen LogP contribution is 2.31. The number of nitrogens with one attached hydrogen (secondary N) is 1. The van der Waals surface area contributed by atoms with E-state index in [1.54, 1.807) is 0 Å². The molecule has 0 amide bonds. The fraction of sp³-hybridized carbons (Fsp3) is 0.957. The quantitative estimate of drug-likeness (QED) is 0.523. The van der Waals surface area contributed by atoms with Crippen LogP contribution in [0.15, 0.2) is 4.99 Å². The summed E-state index contributed by atoms with van der Waals surface area (Å²) in [4.78, 5) is 9.74. The van der Waals surface area contributed by atoms with Gasteiger partial charge in [0.05, 0.1) is 18.8 Å². The summed E-state index contributed by atoms with van der Waals surface area (Å²) >= 11 is 0. The van der Waals surface area contributed by atoms with Crippen molar-refractivity contribution in [2.24, 2.45) is 4.99 Å². The molecule has 0 aromatic heterocycles. The molecule has 7 heteroatoms. The van der Waals surface area contributed by atoms with Gasteiger partial charge in [-0.3, -0.25) is 9.89 Å². The summed E-state index contributed by atoms with van der Waals surface area (Å²) in [5, 5.41) is 3.74. The van der Waals surface area contributed by atoms with Gasteiger partial charge in [0.15, 0.2) is 5.96 Å². The second-order valence-electron chi connectivity index (χ2n) is 9.44. The first-order chi connectivity index (χ1) is 14.8. The van der Waals surface area contributed by atoms with E-state index in [1.807, 2.05) is 7.05 Å². The Morgan fingerprint density at radius 1 is 1.00 bits per heavy atom. The molecule has 30 heavy (non-hydrogen) atoms. The normalized spacial score (nSPS) is 29.3. The number of hydrogen-bond donors (Lipinski definition) is 1. The van der Waals surface area contributed by atoms with E-state index in [2.05, 4.69) is 20.1 Å². The monoisotopic (exact) mass is 422 g/mol. The van der Waals surface area contributed by atoms with Crippen molar-refractivity contribution in [1.82, 2.24) is 15.1 Å². The van der Waals surface area contributed by atoms with Gasteiger partial charge >= 0.3 is 0 Å². The lowest BCUT2D eigenvalue weighted by molar-refractivity contribution is -0.0721. The molecule has 0 aliphatic carbocycles. The summed E-state index contributed by atoms with van der Waals surface area (Å²) in [5.74, 6) is 1.05. The standard InChI is InChI=1S/C23H42N4O3/c1-24-22(25-19-23(9-16-28-17-10-23)27-11-3-4-12-27)26-13-7-20(8-14-26)30-18-21-6-2-5-15-29-21/h20-21H,2-19H2,1H3,(H,24,25). The van der Waals surface area contributed by atoms with Gasteiger partial charge in [-0.2, -0.15) is 0 Å². The van der Waals surface area contributed by atoms with Crippen molar-refractivity contribution in [2.75, 3.05) is 66.2 Å². The zero-order chi connectivity index (χ0) is 20.7. The van der Waals surface area contributed by atoms with Gasteiger partial charge in [-0.05, 0) is 70.9 Å². The molecule has 1 atom stereocenters. The van der Waals surface area contributed by atoms with E-state index < -0.39 is 0 Å². The van der Waals surface area contributed by atoms with Crippen molar-refractivity contribution in [3.05, 3.63) is 0 Å². The van der Waals surface area contributed by atoms with Crippen LogP contribution < -0.4 is 5.32 Å². The third-order valence-corrected chi connectivity index (χ3v) is 7.52. The molecular weight excluding hydrogens is 380 g/mol. The molecule has 4 heterocycles. The number of hydrogen-bond acceptors (Lipinski definition) is 5. The number of guanidine groups is 1. The van der Waals surface area contributed by atoms with E-state index in [0.717, 1.165) is 84.1 Å². The van der Waals surface area contributed by atoms with Crippen molar-refractivity contribution >= 4 is 5.96 Å². The highest BCUT2D eigenvalue weighted by atomic mass is 16.5. The van der Waals surface area contributed by atoms with E-state index in [4.69, 9.17) is 14.2 Å². The minimum atomic E-state index is 0.228. The van der Waals surface area contributed by atoms with Gasteiger partial charge in [-0.1, -0.05) is 0 Å². The minimum Gasteiger partial charge on any atom is -0.381 e. The molecule has 4 saturated heterocycles. The second-order valence-corrected chi connectivity index (χ2v) is 9.44. The molecule has 1 unspecified atom stereocenters. The van der Waals surface area contributed by atoms with Crippen LogP contribution >= 0.6 is 0 Å². The third-order valence-electron chi connectivity index (χ3n) is 7.52. The number of ether oxygens (including phenoxy) is 3. The van der Waals surface area contributed by atoms with E-state index in [-0.39, 0.29) is 5.54 Å². The lowest BCUT2D eigenvalue weighted by Gasteiger charge is -2.45. The van der Waals surface area contributed by atoms with Crippen LogP contribution in [-0.2, 0) is 14.2 Å². The SMILES string of the molecule is CN=C(NCC1(N2CCCC2)CCOCC1)N1CCC(OCC2CCCCO2)CC1. The molecule has 4 rings (SSSR count). The van der Waals surface area contributed by atoms with Gasteiger partial charge in [-0.25, -0.2) is 0 Å². The Hall–Kier alpha value is -0.890. The van der Waals surface area contributed by atoms with Crippen LogP contribution in [0.2, 0.25) is 0 Å². The van der Waals surface area contributed by atoms with Crippen molar-refractivity contribution < 1.29 is 14.2 Å².